The van der Waals surface area contributed by atoms with Gasteiger partial charge < -0.3 is 4.74 Å². The van der Waals surface area contributed by atoms with Gasteiger partial charge in [-0.1, -0.05) is 30.3 Å². The molecule has 2 aromatic heterocycles. The zero-order valence-electron chi connectivity index (χ0n) is 10.6. The van der Waals surface area contributed by atoms with Gasteiger partial charge in [-0.3, -0.25) is 4.68 Å². The third-order valence-corrected chi connectivity index (χ3v) is 3.61. The summed E-state index contributed by atoms with van der Waals surface area (Å²) in [5.74, 6) is 0.776. The summed E-state index contributed by atoms with van der Waals surface area (Å²) in [6.07, 6.45) is 3.67. The molecule has 0 aliphatic rings. The normalized spacial score (nSPS) is 10.6. The predicted octanol–water partition coefficient (Wildman–Crippen LogP) is 4.09. The number of aryl methyl sites for hydroxylation is 1. The molecule has 0 bridgehead atoms. The van der Waals surface area contributed by atoms with Crippen LogP contribution >= 0.6 is 11.3 Å². The van der Waals surface area contributed by atoms with Crippen LogP contribution in [0.4, 0.5) is 0 Å². The minimum atomic E-state index is 0.758. The minimum Gasteiger partial charge on any atom is -0.443 e. The maximum absolute atomic E-state index is 5.75. The number of benzene rings is 1. The highest BCUT2D eigenvalue weighted by atomic mass is 32.1. The van der Waals surface area contributed by atoms with Crippen LogP contribution < -0.4 is 4.74 Å². The number of nitrogens with zero attached hydrogens (tertiary/aromatic N) is 2. The highest BCUT2D eigenvalue weighted by molar-refractivity contribution is 7.13. The SMILES string of the molecule is Cc1ccc(Oc2cnn(Cc3ccccc3)c2)s1. The van der Waals surface area contributed by atoms with Crippen molar-refractivity contribution in [3.05, 3.63) is 65.3 Å². The summed E-state index contributed by atoms with van der Waals surface area (Å²) >= 11 is 1.64. The number of rotatable bonds is 4. The van der Waals surface area contributed by atoms with Gasteiger partial charge in [0.05, 0.1) is 18.9 Å². The van der Waals surface area contributed by atoms with Crippen LogP contribution in [0, 0.1) is 6.92 Å². The van der Waals surface area contributed by atoms with Crippen LogP contribution in [0.1, 0.15) is 10.4 Å². The molecule has 0 saturated heterocycles. The summed E-state index contributed by atoms with van der Waals surface area (Å²) in [4.78, 5) is 1.24. The first-order valence-electron chi connectivity index (χ1n) is 6.10. The summed E-state index contributed by atoms with van der Waals surface area (Å²) in [6, 6.07) is 14.3. The van der Waals surface area contributed by atoms with Crippen molar-refractivity contribution >= 4 is 11.3 Å². The lowest BCUT2D eigenvalue weighted by molar-refractivity contribution is 0.495. The van der Waals surface area contributed by atoms with Crippen molar-refractivity contribution in [1.29, 1.82) is 0 Å². The van der Waals surface area contributed by atoms with E-state index in [4.69, 9.17) is 4.74 Å². The van der Waals surface area contributed by atoms with Crippen LogP contribution in [0.15, 0.2) is 54.9 Å². The van der Waals surface area contributed by atoms with Gasteiger partial charge in [0, 0.05) is 4.88 Å². The maximum atomic E-state index is 5.75. The maximum Gasteiger partial charge on any atom is 0.181 e. The van der Waals surface area contributed by atoms with E-state index in [-0.39, 0.29) is 0 Å². The Kier molecular flexibility index (Phi) is 3.33. The molecule has 0 aliphatic heterocycles. The van der Waals surface area contributed by atoms with Gasteiger partial charge in [0.25, 0.3) is 0 Å². The fourth-order valence-corrected chi connectivity index (χ4v) is 2.56. The molecule has 4 heteroatoms. The van der Waals surface area contributed by atoms with Gasteiger partial charge in [0.1, 0.15) is 0 Å². The Balaban J connectivity index is 1.69. The summed E-state index contributed by atoms with van der Waals surface area (Å²) in [5.41, 5.74) is 1.23. The van der Waals surface area contributed by atoms with E-state index in [2.05, 4.69) is 24.2 Å². The van der Waals surface area contributed by atoms with Gasteiger partial charge in [0.2, 0.25) is 0 Å². The van der Waals surface area contributed by atoms with Crippen molar-refractivity contribution < 1.29 is 4.74 Å². The molecule has 1 aromatic carbocycles. The Morgan fingerprint density at radius 3 is 2.74 bits per heavy atom. The molecule has 0 radical (unpaired) electrons. The predicted molar refractivity (Wildman–Crippen MR) is 76.9 cm³/mol. The van der Waals surface area contributed by atoms with Crippen LogP contribution in [0.2, 0.25) is 0 Å². The molecule has 0 fully saturated rings. The monoisotopic (exact) mass is 270 g/mol. The summed E-state index contributed by atoms with van der Waals surface area (Å²) in [6.45, 7) is 2.82. The molecular formula is C15H14N2OS. The molecule has 96 valence electrons. The number of thiophene rings is 1. The lowest BCUT2D eigenvalue weighted by Gasteiger charge is -2.01. The van der Waals surface area contributed by atoms with E-state index in [9.17, 15) is 0 Å². The van der Waals surface area contributed by atoms with E-state index in [1.807, 2.05) is 41.2 Å². The van der Waals surface area contributed by atoms with Crippen LogP contribution in [-0.2, 0) is 6.54 Å². The molecule has 2 heterocycles. The Bertz CT molecular complexity index is 658. The number of aromatic nitrogens is 2. The van der Waals surface area contributed by atoms with Crippen molar-refractivity contribution in [1.82, 2.24) is 9.78 Å². The molecule has 0 aliphatic carbocycles. The van der Waals surface area contributed by atoms with E-state index in [0.29, 0.717) is 0 Å². The van der Waals surface area contributed by atoms with E-state index >= 15 is 0 Å². The van der Waals surface area contributed by atoms with Crippen LogP contribution in [0.3, 0.4) is 0 Å². The topological polar surface area (TPSA) is 27.1 Å². The molecule has 0 spiro atoms. The molecule has 0 unspecified atom stereocenters. The molecule has 0 amide bonds. The van der Waals surface area contributed by atoms with Gasteiger partial charge in [0.15, 0.2) is 10.8 Å². The fraction of sp³-hybridized carbons (Fsp3) is 0.133. The average molecular weight is 270 g/mol. The zero-order chi connectivity index (χ0) is 13.1. The molecule has 3 aromatic rings. The van der Waals surface area contributed by atoms with Crippen LogP contribution in [0.25, 0.3) is 0 Å². The molecule has 19 heavy (non-hydrogen) atoms. The Hall–Kier alpha value is -2.07. The van der Waals surface area contributed by atoms with Crippen molar-refractivity contribution in [2.45, 2.75) is 13.5 Å². The van der Waals surface area contributed by atoms with Crippen LogP contribution in [-0.4, -0.2) is 9.78 Å². The Morgan fingerprint density at radius 1 is 1.16 bits per heavy atom. The molecule has 0 saturated carbocycles. The van der Waals surface area contributed by atoms with Crippen molar-refractivity contribution in [2.24, 2.45) is 0 Å². The zero-order valence-corrected chi connectivity index (χ0v) is 11.4. The van der Waals surface area contributed by atoms with Gasteiger partial charge in [-0.05, 0) is 24.6 Å². The van der Waals surface area contributed by atoms with Crippen molar-refractivity contribution in [3.8, 4) is 10.8 Å². The Morgan fingerprint density at radius 2 is 2.00 bits per heavy atom. The van der Waals surface area contributed by atoms with E-state index in [1.165, 1.54) is 10.4 Å². The fourth-order valence-electron chi connectivity index (χ4n) is 1.84. The lowest BCUT2D eigenvalue weighted by atomic mass is 10.2. The Labute approximate surface area is 116 Å². The third-order valence-electron chi connectivity index (χ3n) is 2.73. The van der Waals surface area contributed by atoms with Gasteiger partial charge >= 0.3 is 0 Å². The molecule has 3 rings (SSSR count). The van der Waals surface area contributed by atoms with E-state index in [0.717, 1.165) is 17.4 Å². The second-order valence-electron chi connectivity index (χ2n) is 4.33. The summed E-state index contributed by atoms with van der Waals surface area (Å²) in [7, 11) is 0. The van der Waals surface area contributed by atoms with E-state index in [1.54, 1.807) is 17.5 Å². The first-order valence-corrected chi connectivity index (χ1v) is 6.92. The van der Waals surface area contributed by atoms with Crippen molar-refractivity contribution in [2.75, 3.05) is 0 Å². The number of hydrogen-bond acceptors (Lipinski definition) is 3. The summed E-state index contributed by atoms with van der Waals surface area (Å²) in [5, 5.41) is 5.21. The molecular weight excluding hydrogens is 256 g/mol. The first kappa shape index (κ1) is 12.0. The molecule has 0 N–H and O–H groups in total. The second kappa shape index (κ2) is 5.28. The largest absolute Gasteiger partial charge is 0.443 e. The molecule has 3 nitrogen and oxygen atoms in total. The van der Waals surface area contributed by atoms with Gasteiger partial charge in [-0.15, -0.1) is 11.3 Å². The molecule has 0 atom stereocenters. The standard InChI is InChI=1S/C15H14N2OS/c1-12-7-8-15(19-12)18-14-9-16-17(11-14)10-13-5-3-2-4-6-13/h2-9,11H,10H2,1H3. The number of ether oxygens (including phenoxy) is 1. The first-order chi connectivity index (χ1) is 9.29. The quantitative estimate of drug-likeness (QED) is 0.714. The van der Waals surface area contributed by atoms with Gasteiger partial charge in [-0.2, -0.15) is 5.10 Å². The lowest BCUT2D eigenvalue weighted by Crippen LogP contribution is -1.99. The van der Waals surface area contributed by atoms with Crippen molar-refractivity contribution in [3.63, 3.8) is 0 Å². The highest BCUT2D eigenvalue weighted by Crippen LogP contribution is 2.28. The highest BCUT2D eigenvalue weighted by Gasteiger charge is 2.03. The minimum absolute atomic E-state index is 0.758. The van der Waals surface area contributed by atoms with Gasteiger partial charge in [-0.25, -0.2) is 0 Å². The average Bonchev–Trinajstić information content (AvgIpc) is 3.01. The second-order valence-corrected chi connectivity index (χ2v) is 5.58. The smallest absolute Gasteiger partial charge is 0.181 e. The van der Waals surface area contributed by atoms with Crippen LogP contribution in [0.5, 0.6) is 10.8 Å². The number of hydrogen-bond donors (Lipinski definition) is 0. The van der Waals surface area contributed by atoms with E-state index < -0.39 is 0 Å². The summed E-state index contributed by atoms with van der Waals surface area (Å²) < 4.78 is 7.63. The third kappa shape index (κ3) is 3.03.